The van der Waals surface area contributed by atoms with Gasteiger partial charge in [0.1, 0.15) is 23.5 Å². The van der Waals surface area contributed by atoms with E-state index in [1.54, 1.807) is 26.0 Å². The summed E-state index contributed by atoms with van der Waals surface area (Å²) in [6, 6.07) is 7.26. The van der Waals surface area contributed by atoms with E-state index in [-0.39, 0.29) is 24.4 Å². The molecule has 0 radical (unpaired) electrons. The average molecular weight is 352 g/mol. The van der Waals surface area contributed by atoms with Crippen LogP contribution >= 0.6 is 11.6 Å². The highest BCUT2D eigenvalue weighted by Gasteiger charge is 2.36. The Kier molecular flexibility index (Phi) is 5.89. The SMILES string of the molecule is CCC/C(=N\OCc1cccc(Cl)c1)C1=C(O)CC(C)(C)OC1=O. The van der Waals surface area contributed by atoms with Gasteiger partial charge in [-0.15, -0.1) is 0 Å². The Labute approximate surface area is 146 Å². The molecule has 0 saturated heterocycles. The third-order valence-corrected chi connectivity index (χ3v) is 3.76. The summed E-state index contributed by atoms with van der Waals surface area (Å²) in [4.78, 5) is 17.6. The number of oxime groups is 1. The van der Waals surface area contributed by atoms with Crippen LogP contribution in [0.1, 0.15) is 45.6 Å². The maximum absolute atomic E-state index is 12.2. The van der Waals surface area contributed by atoms with Crippen LogP contribution in [0.15, 0.2) is 40.8 Å². The Bertz CT molecular complexity index is 679. The van der Waals surface area contributed by atoms with Gasteiger partial charge in [-0.1, -0.05) is 42.2 Å². The molecule has 0 aromatic heterocycles. The number of esters is 1. The van der Waals surface area contributed by atoms with Gasteiger partial charge in [-0.25, -0.2) is 4.79 Å². The number of rotatable bonds is 6. The summed E-state index contributed by atoms with van der Waals surface area (Å²) in [7, 11) is 0. The number of cyclic esters (lactones) is 1. The quantitative estimate of drug-likeness (QED) is 0.463. The largest absolute Gasteiger partial charge is 0.511 e. The second-order valence-electron chi connectivity index (χ2n) is 6.34. The van der Waals surface area contributed by atoms with Gasteiger partial charge in [-0.3, -0.25) is 0 Å². The van der Waals surface area contributed by atoms with E-state index in [9.17, 15) is 9.90 Å². The lowest BCUT2D eigenvalue weighted by Gasteiger charge is -2.30. The Morgan fingerprint density at radius 1 is 1.46 bits per heavy atom. The van der Waals surface area contributed by atoms with Crippen LogP contribution in [0, 0.1) is 0 Å². The van der Waals surface area contributed by atoms with Crippen molar-refractivity contribution in [3.8, 4) is 0 Å². The predicted molar refractivity (Wildman–Crippen MR) is 93.0 cm³/mol. The first-order valence-electron chi connectivity index (χ1n) is 7.91. The molecule has 1 aliphatic rings. The molecule has 0 fully saturated rings. The van der Waals surface area contributed by atoms with Gasteiger partial charge >= 0.3 is 5.97 Å². The number of aliphatic hydroxyl groups excluding tert-OH is 1. The summed E-state index contributed by atoms with van der Waals surface area (Å²) in [6.45, 7) is 5.69. The standard InChI is InChI=1S/C18H22ClNO4/c1-4-6-14(16-15(21)10-18(2,3)24-17(16)22)20-23-11-12-7-5-8-13(19)9-12/h5,7-9,21H,4,6,10-11H2,1-3H3/b20-14+. The van der Waals surface area contributed by atoms with Crippen molar-refractivity contribution in [2.24, 2.45) is 5.16 Å². The lowest BCUT2D eigenvalue weighted by atomic mass is 9.94. The van der Waals surface area contributed by atoms with Gasteiger partial charge in [-0.2, -0.15) is 0 Å². The minimum atomic E-state index is -0.719. The van der Waals surface area contributed by atoms with E-state index >= 15 is 0 Å². The minimum Gasteiger partial charge on any atom is -0.511 e. The van der Waals surface area contributed by atoms with Crippen LogP contribution in [-0.4, -0.2) is 22.4 Å². The number of benzene rings is 1. The van der Waals surface area contributed by atoms with Crippen LogP contribution in [0.4, 0.5) is 0 Å². The number of ether oxygens (including phenoxy) is 1. The van der Waals surface area contributed by atoms with Crippen molar-refractivity contribution < 1.29 is 19.5 Å². The normalized spacial score (nSPS) is 17.7. The van der Waals surface area contributed by atoms with E-state index in [0.29, 0.717) is 17.2 Å². The molecule has 1 heterocycles. The Balaban J connectivity index is 2.17. The van der Waals surface area contributed by atoms with Crippen molar-refractivity contribution in [3.63, 3.8) is 0 Å². The zero-order valence-corrected chi connectivity index (χ0v) is 14.9. The zero-order valence-electron chi connectivity index (χ0n) is 14.1. The number of nitrogens with zero attached hydrogens (tertiary/aromatic N) is 1. The number of hydrogen-bond acceptors (Lipinski definition) is 5. The molecule has 0 unspecified atom stereocenters. The molecule has 0 atom stereocenters. The molecule has 0 aliphatic carbocycles. The van der Waals surface area contributed by atoms with Gasteiger partial charge in [0.2, 0.25) is 0 Å². The summed E-state index contributed by atoms with van der Waals surface area (Å²) in [5, 5.41) is 14.9. The molecular weight excluding hydrogens is 330 g/mol. The van der Waals surface area contributed by atoms with Crippen molar-refractivity contribution in [3.05, 3.63) is 46.2 Å². The number of carbonyl (C=O) groups excluding carboxylic acids is 1. The molecule has 0 amide bonds. The second-order valence-corrected chi connectivity index (χ2v) is 6.78. The van der Waals surface area contributed by atoms with E-state index in [1.807, 2.05) is 19.1 Å². The van der Waals surface area contributed by atoms with Crippen LogP contribution in [0.25, 0.3) is 0 Å². The Morgan fingerprint density at radius 3 is 2.83 bits per heavy atom. The molecule has 0 spiro atoms. The third-order valence-electron chi connectivity index (χ3n) is 3.53. The van der Waals surface area contributed by atoms with Crippen molar-refractivity contribution in [2.45, 2.75) is 52.2 Å². The molecule has 0 bridgehead atoms. The predicted octanol–water partition coefficient (Wildman–Crippen LogP) is 4.55. The van der Waals surface area contributed by atoms with Crippen LogP contribution in [0.5, 0.6) is 0 Å². The molecule has 1 aromatic carbocycles. The average Bonchev–Trinajstić information content (AvgIpc) is 2.45. The molecule has 6 heteroatoms. The summed E-state index contributed by atoms with van der Waals surface area (Å²) in [5.74, 6) is -0.572. The highest BCUT2D eigenvalue weighted by molar-refractivity contribution is 6.30. The van der Waals surface area contributed by atoms with Gasteiger partial charge in [0.05, 0.1) is 5.71 Å². The molecular formula is C18H22ClNO4. The minimum absolute atomic E-state index is 0.00481. The summed E-state index contributed by atoms with van der Waals surface area (Å²) in [5.41, 5.74) is 0.663. The first-order valence-corrected chi connectivity index (χ1v) is 8.29. The lowest BCUT2D eigenvalue weighted by Crippen LogP contribution is -2.36. The molecule has 1 aromatic rings. The molecule has 0 saturated carbocycles. The summed E-state index contributed by atoms with van der Waals surface area (Å²) in [6.07, 6.45) is 1.52. The number of halogens is 1. The fourth-order valence-corrected chi connectivity index (χ4v) is 2.71. The smallest absolute Gasteiger partial charge is 0.344 e. The van der Waals surface area contributed by atoms with Gasteiger partial charge < -0.3 is 14.7 Å². The molecule has 24 heavy (non-hydrogen) atoms. The maximum atomic E-state index is 12.2. The fourth-order valence-electron chi connectivity index (χ4n) is 2.50. The third kappa shape index (κ3) is 4.74. The van der Waals surface area contributed by atoms with E-state index in [2.05, 4.69) is 5.16 Å². The number of hydrogen-bond donors (Lipinski definition) is 1. The first-order chi connectivity index (χ1) is 11.3. The monoisotopic (exact) mass is 351 g/mol. The topological polar surface area (TPSA) is 68.1 Å². The van der Waals surface area contributed by atoms with Gasteiger partial charge in [-0.05, 0) is 38.0 Å². The van der Waals surface area contributed by atoms with E-state index < -0.39 is 11.6 Å². The van der Waals surface area contributed by atoms with E-state index in [1.165, 1.54) is 0 Å². The van der Waals surface area contributed by atoms with Gasteiger partial charge in [0.15, 0.2) is 0 Å². The fraction of sp³-hybridized carbons (Fsp3) is 0.444. The maximum Gasteiger partial charge on any atom is 0.344 e. The Hall–Kier alpha value is -2.01. The van der Waals surface area contributed by atoms with E-state index in [0.717, 1.165) is 12.0 Å². The number of aliphatic hydroxyl groups is 1. The molecule has 1 N–H and O–H groups in total. The van der Waals surface area contributed by atoms with Crippen molar-refractivity contribution in [1.82, 2.24) is 0 Å². The summed E-state index contributed by atoms with van der Waals surface area (Å²) < 4.78 is 5.35. The molecule has 5 nitrogen and oxygen atoms in total. The van der Waals surface area contributed by atoms with Gasteiger partial charge in [0.25, 0.3) is 0 Å². The molecule has 1 aliphatic heterocycles. The second kappa shape index (κ2) is 7.71. The highest BCUT2D eigenvalue weighted by atomic mass is 35.5. The van der Waals surface area contributed by atoms with Crippen LogP contribution < -0.4 is 0 Å². The highest BCUT2D eigenvalue weighted by Crippen LogP contribution is 2.29. The first kappa shape index (κ1) is 18.3. The van der Waals surface area contributed by atoms with Crippen molar-refractivity contribution in [1.29, 1.82) is 0 Å². The van der Waals surface area contributed by atoms with Crippen LogP contribution in [0.2, 0.25) is 5.02 Å². The molecule has 2 rings (SSSR count). The molecule has 130 valence electrons. The van der Waals surface area contributed by atoms with E-state index in [4.69, 9.17) is 21.2 Å². The van der Waals surface area contributed by atoms with Crippen molar-refractivity contribution >= 4 is 23.3 Å². The van der Waals surface area contributed by atoms with Crippen LogP contribution in [0.3, 0.4) is 0 Å². The Morgan fingerprint density at radius 2 is 2.21 bits per heavy atom. The zero-order chi connectivity index (χ0) is 17.7. The summed E-state index contributed by atoms with van der Waals surface area (Å²) >= 11 is 5.93. The lowest BCUT2D eigenvalue weighted by molar-refractivity contribution is -0.153. The number of carbonyl (C=O) groups is 1. The van der Waals surface area contributed by atoms with Crippen LogP contribution in [-0.2, 0) is 21.0 Å². The van der Waals surface area contributed by atoms with Crippen molar-refractivity contribution in [2.75, 3.05) is 0 Å². The van der Waals surface area contributed by atoms with Gasteiger partial charge in [0, 0.05) is 11.4 Å².